The van der Waals surface area contributed by atoms with Crippen LogP contribution in [0.5, 0.6) is 0 Å². The minimum absolute atomic E-state index is 0.238. The van der Waals surface area contributed by atoms with E-state index in [1.54, 1.807) is 18.3 Å². The van der Waals surface area contributed by atoms with Crippen molar-refractivity contribution in [1.29, 1.82) is 0 Å². The van der Waals surface area contributed by atoms with E-state index >= 15 is 0 Å². The molecule has 3 aromatic rings. The van der Waals surface area contributed by atoms with Crippen LogP contribution in [0.25, 0.3) is 16.0 Å². The van der Waals surface area contributed by atoms with Crippen LogP contribution in [0.1, 0.15) is 0 Å². The Bertz CT molecular complexity index is 719. The molecule has 0 amide bonds. The average Bonchev–Trinajstić information content (AvgIpc) is 2.59. The van der Waals surface area contributed by atoms with Gasteiger partial charge in [-0.3, -0.25) is 4.79 Å². The van der Waals surface area contributed by atoms with Crippen molar-refractivity contribution in [3.05, 3.63) is 32.6 Å². The fourth-order valence-corrected chi connectivity index (χ4v) is 2.54. The predicted octanol–water partition coefficient (Wildman–Crippen LogP) is 1.46. The standard InChI is InChI=1S/C8H3BrN4OS/c9-7-12-13-6(14)5-4(2-1-3-10-5)11-8(13)15-7/h1-3H. The van der Waals surface area contributed by atoms with Gasteiger partial charge < -0.3 is 0 Å². The third kappa shape index (κ3) is 1.27. The predicted molar refractivity (Wildman–Crippen MR) is 60.1 cm³/mol. The first-order valence-corrected chi connectivity index (χ1v) is 5.67. The molecule has 0 saturated heterocycles. The second-order valence-corrected chi connectivity index (χ2v) is 5.07. The van der Waals surface area contributed by atoms with Crippen molar-refractivity contribution >= 4 is 43.3 Å². The Hall–Kier alpha value is -1.34. The summed E-state index contributed by atoms with van der Waals surface area (Å²) in [5.74, 6) is 0. The van der Waals surface area contributed by atoms with Crippen molar-refractivity contribution in [3.63, 3.8) is 0 Å². The van der Waals surface area contributed by atoms with Crippen LogP contribution in [0.4, 0.5) is 0 Å². The van der Waals surface area contributed by atoms with E-state index in [1.165, 1.54) is 15.9 Å². The first-order chi connectivity index (χ1) is 7.25. The number of pyridine rings is 1. The number of nitrogens with zero attached hydrogens (tertiary/aromatic N) is 4. The van der Waals surface area contributed by atoms with Crippen LogP contribution in [-0.2, 0) is 0 Å². The van der Waals surface area contributed by atoms with Crippen LogP contribution in [0.15, 0.2) is 27.0 Å². The summed E-state index contributed by atoms with van der Waals surface area (Å²) in [5, 5.41) is 4.00. The minimum atomic E-state index is -0.238. The van der Waals surface area contributed by atoms with Crippen LogP contribution in [0, 0.1) is 0 Å². The van der Waals surface area contributed by atoms with Crippen LogP contribution < -0.4 is 5.56 Å². The van der Waals surface area contributed by atoms with Crippen LogP contribution in [0.3, 0.4) is 0 Å². The summed E-state index contributed by atoms with van der Waals surface area (Å²) >= 11 is 4.53. The molecule has 3 heterocycles. The molecule has 0 aliphatic carbocycles. The van der Waals surface area contributed by atoms with Gasteiger partial charge in [0.25, 0.3) is 0 Å². The van der Waals surface area contributed by atoms with Gasteiger partial charge in [0.2, 0.25) is 4.96 Å². The molecular weight excluding hydrogens is 280 g/mol. The fraction of sp³-hybridized carbons (Fsp3) is 0. The third-order valence-electron chi connectivity index (χ3n) is 1.93. The molecule has 0 aliphatic rings. The highest BCUT2D eigenvalue weighted by Crippen LogP contribution is 2.18. The lowest BCUT2D eigenvalue weighted by atomic mass is 10.4. The molecule has 0 saturated carbocycles. The van der Waals surface area contributed by atoms with Crippen molar-refractivity contribution in [1.82, 2.24) is 19.6 Å². The van der Waals surface area contributed by atoms with E-state index in [9.17, 15) is 4.79 Å². The normalized spacial score (nSPS) is 11.3. The van der Waals surface area contributed by atoms with E-state index in [0.717, 1.165) is 0 Å². The van der Waals surface area contributed by atoms with Crippen molar-refractivity contribution < 1.29 is 0 Å². The van der Waals surface area contributed by atoms with Crippen molar-refractivity contribution in [2.24, 2.45) is 0 Å². The Morgan fingerprint density at radius 2 is 2.33 bits per heavy atom. The maximum atomic E-state index is 11.9. The van der Waals surface area contributed by atoms with Crippen LogP contribution >= 0.6 is 27.3 Å². The lowest BCUT2D eigenvalue weighted by Crippen LogP contribution is -2.16. The molecule has 0 aliphatic heterocycles. The zero-order valence-corrected chi connectivity index (χ0v) is 9.62. The minimum Gasteiger partial charge on any atom is -0.265 e. The van der Waals surface area contributed by atoms with Gasteiger partial charge >= 0.3 is 5.56 Å². The smallest absolute Gasteiger partial charge is 0.265 e. The first-order valence-electron chi connectivity index (χ1n) is 4.06. The average molecular weight is 283 g/mol. The van der Waals surface area contributed by atoms with Gasteiger partial charge in [-0.1, -0.05) is 11.3 Å². The molecule has 15 heavy (non-hydrogen) atoms. The molecule has 0 atom stereocenters. The molecule has 0 N–H and O–H groups in total. The molecule has 3 aromatic heterocycles. The number of halogens is 1. The van der Waals surface area contributed by atoms with E-state index in [2.05, 4.69) is 31.0 Å². The van der Waals surface area contributed by atoms with Gasteiger partial charge in [-0.25, -0.2) is 9.97 Å². The summed E-state index contributed by atoms with van der Waals surface area (Å²) in [5.41, 5.74) is 0.698. The molecule has 7 heteroatoms. The molecule has 0 radical (unpaired) electrons. The first kappa shape index (κ1) is 8.93. The quantitative estimate of drug-likeness (QED) is 0.626. The zero-order valence-electron chi connectivity index (χ0n) is 7.22. The lowest BCUT2D eigenvalue weighted by Gasteiger charge is -1.94. The summed E-state index contributed by atoms with van der Waals surface area (Å²) in [6.45, 7) is 0. The second-order valence-electron chi connectivity index (χ2n) is 2.84. The summed E-state index contributed by atoms with van der Waals surface area (Å²) in [7, 11) is 0. The van der Waals surface area contributed by atoms with Gasteiger partial charge in [-0.2, -0.15) is 4.52 Å². The van der Waals surface area contributed by atoms with Crippen LogP contribution in [0.2, 0.25) is 0 Å². The maximum Gasteiger partial charge on any atom is 0.301 e. The number of aromatic nitrogens is 4. The number of rotatable bonds is 0. The number of hydrogen-bond acceptors (Lipinski definition) is 5. The van der Waals surface area contributed by atoms with Gasteiger partial charge in [0, 0.05) is 6.20 Å². The van der Waals surface area contributed by atoms with Crippen molar-refractivity contribution in [2.75, 3.05) is 0 Å². The Kier molecular flexibility index (Phi) is 1.83. The molecule has 0 unspecified atom stereocenters. The Morgan fingerprint density at radius 3 is 3.20 bits per heavy atom. The van der Waals surface area contributed by atoms with Gasteiger partial charge in [-0.15, -0.1) is 5.10 Å². The summed E-state index contributed by atoms with van der Waals surface area (Å²) < 4.78 is 1.88. The molecule has 0 aromatic carbocycles. The van der Waals surface area contributed by atoms with Gasteiger partial charge in [0.1, 0.15) is 0 Å². The molecule has 0 bridgehead atoms. The fourth-order valence-electron chi connectivity index (χ4n) is 1.32. The largest absolute Gasteiger partial charge is 0.301 e. The van der Waals surface area contributed by atoms with Crippen molar-refractivity contribution in [3.8, 4) is 0 Å². The highest BCUT2D eigenvalue weighted by molar-refractivity contribution is 9.11. The zero-order chi connectivity index (χ0) is 10.4. The highest BCUT2D eigenvalue weighted by Gasteiger charge is 2.09. The molecule has 0 fully saturated rings. The highest BCUT2D eigenvalue weighted by atomic mass is 79.9. The van der Waals surface area contributed by atoms with E-state index in [1.807, 2.05) is 0 Å². The van der Waals surface area contributed by atoms with E-state index in [4.69, 9.17) is 0 Å². The van der Waals surface area contributed by atoms with Gasteiger partial charge in [-0.05, 0) is 28.1 Å². The molecule has 74 valence electrons. The Labute approximate surface area is 95.5 Å². The summed E-state index contributed by atoms with van der Waals surface area (Å²) in [6, 6.07) is 3.51. The maximum absolute atomic E-state index is 11.9. The number of fused-ring (bicyclic) bond motifs is 2. The molecule has 3 rings (SSSR count). The summed E-state index contributed by atoms with van der Waals surface area (Å²) in [4.78, 5) is 20.7. The van der Waals surface area contributed by atoms with Gasteiger partial charge in [0.15, 0.2) is 9.43 Å². The second kappa shape index (κ2) is 3.07. The monoisotopic (exact) mass is 282 g/mol. The van der Waals surface area contributed by atoms with E-state index in [-0.39, 0.29) is 5.56 Å². The Morgan fingerprint density at radius 1 is 1.47 bits per heavy atom. The Balaban J connectivity index is 2.65. The SMILES string of the molecule is O=c1c2ncccc2nc2sc(Br)nn12. The molecule has 5 nitrogen and oxygen atoms in total. The van der Waals surface area contributed by atoms with E-state index in [0.29, 0.717) is 19.9 Å². The lowest BCUT2D eigenvalue weighted by molar-refractivity contribution is 0.900. The van der Waals surface area contributed by atoms with Gasteiger partial charge in [0.05, 0.1) is 5.52 Å². The van der Waals surface area contributed by atoms with Crippen LogP contribution in [-0.4, -0.2) is 19.6 Å². The van der Waals surface area contributed by atoms with E-state index < -0.39 is 0 Å². The summed E-state index contributed by atoms with van der Waals surface area (Å²) in [6.07, 6.45) is 1.57. The third-order valence-corrected chi connectivity index (χ3v) is 3.27. The number of hydrogen-bond donors (Lipinski definition) is 0. The topological polar surface area (TPSA) is 60.2 Å². The molecular formula is C8H3BrN4OS. The molecule has 0 spiro atoms. The van der Waals surface area contributed by atoms with Crippen molar-refractivity contribution in [2.45, 2.75) is 0 Å².